The summed E-state index contributed by atoms with van der Waals surface area (Å²) >= 11 is 0. The fourth-order valence-electron chi connectivity index (χ4n) is 2.63. The lowest BCUT2D eigenvalue weighted by molar-refractivity contribution is 0.246. The molecule has 1 saturated heterocycles. The molecule has 3 rings (SSSR count). The minimum absolute atomic E-state index is 0.696. The van der Waals surface area contributed by atoms with E-state index in [1.54, 1.807) is 6.26 Å². The minimum Gasteiger partial charge on any atom is -0.432 e. The van der Waals surface area contributed by atoms with Crippen molar-refractivity contribution in [1.29, 1.82) is 0 Å². The molecule has 0 bridgehead atoms. The lowest BCUT2D eigenvalue weighted by Gasteiger charge is -2.34. The van der Waals surface area contributed by atoms with Crippen molar-refractivity contribution in [2.45, 2.75) is 44.3 Å². The number of hydrogen-bond donors (Lipinski definition) is 1. The summed E-state index contributed by atoms with van der Waals surface area (Å²) in [4.78, 5) is 9.17. The third-order valence-corrected chi connectivity index (χ3v) is 4.15. The zero-order chi connectivity index (χ0) is 13.2. The molecular formula is C14H24N4O. The summed E-state index contributed by atoms with van der Waals surface area (Å²) in [6.07, 6.45) is 6.78. The molecule has 2 aliphatic rings. The average Bonchev–Trinajstić information content (AvgIpc) is 3.13. The maximum atomic E-state index is 5.61. The van der Waals surface area contributed by atoms with E-state index in [0.717, 1.165) is 37.4 Å². The van der Waals surface area contributed by atoms with Gasteiger partial charge < -0.3 is 19.5 Å². The van der Waals surface area contributed by atoms with E-state index in [0.29, 0.717) is 6.04 Å². The third kappa shape index (κ3) is 3.28. The Balaban J connectivity index is 1.51. The molecule has 1 aromatic heterocycles. The highest BCUT2D eigenvalue weighted by Gasteiger charge is 2.24. The normalized spacial score (nSPS) is 21.3. The first-order chi connectivity index (χ1) is 9.22. The Kier molecular flexibility index (Phi) is 3.75. The molecule has 5 nitrogen and oxygen atoms in total. The summed E-state index contributed by atoms with van der Waals surface area (Å²) in [5.74, 6) is 0. The number of oxazole rings is 1. The first-order valence-corrected chi connectivity index (χ1v) is 7.31. The van der Waals surface area contributed by atoms with Gasteiger partial charge in [0.1, 0.15) is 6.26 Å². The van der Waals surface area contributed by atoms with Gasteiger partial charge in [-0.1, -0.05) is 0 Å². The first-order valence-electron chi connectivity index (χ1n) is 7.31. The van der Waals surface area contributed by atoms with Gasteiger partial charge in [0.2, 0.25) is 0 Å². The second kappa shape index (κ2) is 5.51. The van der Waals surface area contributed by atoms with Crippen LogP contribution in [0.2, 0.25) is 0 Å². The van der Waals surface area contributed by atoms with Crippen LogP contribution < -0.4 is 10.2 Å². The smallest absolute Gasteiger partial charge is 0.297 e. The van der Waals surface area contributed by atoms with Gasteiger partial charge in [0, 0.05) is 31.7 Å². The van der Waals surface area contributed by atoms with Crippen molar-refractivity contribution in [2.75, 3.05) is 32.1 Å². The fraction of sp³-hybridized carbons (Fsp3) is 0.786. The molecule has 1 aliphatic heterocycles. The zero-order valence-electron chi connectivity index (χ0n) is 11.9. The summed E-state index contributed by atoms with van der Waals surface area (Å²) in [6.45, 7) is 2.92. The Morgan fingerprint density at radius 3 is 2.68 bits per heavy atom. The third-order valence-electron chi connectivity index (χ3n) is 4.15. The summed E-state index contributed by atoms with van der Waals surface area (Å²) in [7, 11) is 4.32. The highest BCUT2D eigenvalue weighted by Crippen LogP contribution is 2.22. The molecule has 0 radical (unpaired) electrons. The molecule has 5 heteroatoms. The second-order valence-corrected chi connectivity index (χ2v) is 5.96. The highest BCUT2D eigenvalue weighted by molar-refractivity contribution is 5.28. The van der Waals surface area contributed by atoms with Gasteiger partial charge >= 0.3 is 0 Å². The van der Waals surface area contributed by atoms with Crippen LogP contribution in [0.4, 0.5) is 6.01 Å². The quantitative estimate of drug-likeness (QED) is 0.872. The van der Waals surface area contributed by atoms with Gasteiger partial charge in [0.15, 0.2) is 0 Å². The molecule has 1 N–H and O–H groups in total. The van der Waals surface area contributed by atoms with Crippen LogP contribution in [-0.4, -0.2) is 49.2 Å². The number of aromatic nitrogens is 1. The van der Waals surface area contributed by atoms with Crippen LogP contribution >= 0.6 is 0 Å². The maximum Gasteiger partial charge on any atom is 0.297 e. The Hall–Kier alpha value is -1.07. The molecule has 0 spiro atoms. The van der Waals surface area contributed by atoms with Crippen LogP contribution in [0, 0.1) is 0 Å². The van der Waals surface area contributed by atoms with Crippen molar-refractivity contribution in [2.24, 2.45) is 0 Å². The Morgan fingerprint density at radius 2 is 2.05 bits per heavy atom. The van der Waals surface area contributed by atoms with Gasteiger partial charge in [-0.15, -0.1) is 0 Å². The maximum absolute atomic E-state index is 5.61. The summed E-state index contributed by atoms with van der Waals surface area (Å²) < 4.78 is 5.61. The van der Waals surface area contributed by atoms with Gasteiger partial charge in [-0.05, 0) is 39.8 Å². The van der Waals surface area contributed by atoms with Crippen molar-refractivity contribution in [1.82, 2.24) is 15.2 Å². The zero-order valence-corrected chi connectivity index (χ0v) is 11.9. The number of nitrogens with one attached hydrogen (secondary N) is 1. The van der Waals surface area contributed by atoms with E-state index in [9.17, 15) is 0 Å². The molecule has 2 fully saturated rings. The topological polar surface area (TPSA) is 44.5 Å². The van der Waals surface area contributed by atoms with E-state index in [4.69, 9.17) is 4.42 Å². The molecule has 0 amide bonds. The number of piperidine rings is 1. The molecule has 0 aromatic carbocycles. The number of rotatable bonds is 5. The monoisotopic (exact) mass is 264 g/mol. The van der Waals surface area contributed by atoms with E-state index in [2.05, 4.69) is 34.2 Å². The van der Waals surface area contributed by atoms with Crippen molar-refractivity contribution in [3.05, 3.63) is 12.0 Å². The number of hydrogen-bond acceptors (Lipinski definition) is 5. The van der Waals surface area contributed by atoms with E-state index in [1.807, 2.05) is 0 Å². The summed E-state index contributed by atoms with van der Waals surface area (Å²) in [6, 6.07) is 2.21. The molecule has 106 valence electrons. The van der Waals surface area contributed by atoms with E-state index < -0.39 is 0 Å². The molecule has 0 atom stereocenters. The Labute approximate surface area is 115 Å². The van der Waals surface area contributed by atoms with Crippen LogP contribution in [0.25, 0.3) is 0 Å². The summed E-state index contributed by atoms with van der Waals surface area (Å²) in [5.41, 5.74) is 1.02. The summed E-state index contributed by atoms with van der Waals surface area (Å²) in [5, 5.41) is 3.46. The van der Waals surface area contributed by atoms with Crippen molar-refractivity contribution >= 4 is 6.01 Å². The molecule has 19 heavy (non-hydrogen) atoms. The first kappa shape index (κ1) is 12.9. The van der Waals surface area contributed by atoms with E-state index >= 15 is 0 Å². The number of anilines is 1. The van der Waals surface area contributed by atoms with Crippen LogP contribution in [-0.2, 0) is 6.54 Å². The second-order valence-electron chi connectivity index (χ2n) is 5.96. The average molecular weight is 264 g/mol. The lowest BCUT2D eigenvalue weighted by Crippen LogP contribution is -2.42. The van der Waals surface area contributed by atoms with Crippen LogP contribution in [0.3, 0.4) is 0 Å². The SMILES string of the molecule is CN(C)C1CCN(c2nc(CNC3CC3)co2)CC1. The Morgan fingerprint density at radius 1 is 1.32 bits per heavy atom. The fourth-order valence-corrected chi connectivity index (χ4v) is 2.63. The Bertz CT molecular complexity index is 405. The molecule has 1 aromatic rings. The molecule has 0 unspecified atom stereocenters. The predicted molar refractivity (Wildman–Crippen MR) is 75.3 cm³/mol. The molecule has 1 saturated carbocycles. The molecule has 2 heterocycles. The van der Waals surface area contributed by atoms with Crippen molar-refractivity contribution in [3.63, 3.8) is 0 Å². The van der Waals surface area contributed by atoms with Gasteiger partial charge in [-0.25, -0.2) is 0 Å². The van der Waals surface area contributed by atoms with Gasteiger partial charge in [-0.3, -0.25) is 0 Å². The van der Waals surface area contributed by atoms with Gasteiger partial charge in [0.25, 0.3) is 6.01 Å². The van der Waals surface area contributed by atoms with E-state index in [-0.39, 0.29) is 0 Å². The van der Waals surface area contributed by atoms with Crippen LogP contribution in [0.5, 0.6) is 0 Å². The van der Waals surface area contributed by atoms with Gasteiger partial charge in [-0.2, -0.15) is 4.98 Å². The highest BCUT2D eigenvalue weighted by atomic mass is 16.4. The van der Waals surface area contributed by atoms with Gasteiger partial charge in [0.05, 0.1) is 5.69 Å². The van der Waals surface area contributed by atoms with Crippen LogP contribution in [0.15, 0.2) is 10.7 Å². The number of nitrogens with zero attached hydrogens (tertiary/aromatic N) is 3. The molecular weight excluding hydrogens is 240 g/mol. The lowest BCUT2D eigenvalue weighted by atomic mass is 10.0. The van der Waals surface area contributed by atoms with E-state index in [1.165, 1.54) is 25.7 Å². The van der Waals surface area contributed by atoms with Crippen LogP contribution in [0.1, 0.15) is 31.4 Å². The largest absolute Gasteiger partial charge is 0.432 e. The standard InChI is InChI=1S/C14H24N4O/c1-17(2)13-5-7-18(8-6-13)14-16-12(10-19-14)9-15-11-3-4-11/h10-11,13,15H,3-9H2,1-2H3. The molecule has 1 aliphatic carbocycles. The predicted octanol–water partition coefficient (Wildman–Crippen LogP) is 1.46. The van der Waals surface area contributed by atoms with Crippen molar-refractivity contribution < 1.29 is 4.42 Å². The minimum atomic E-state index is 0.696. The van der Waals surface area contributed by atoms with Crippen molar-refractivity contribution in [3.8, 4) is 0 Å².